The lowest BCUT2D eigenvalue weighted by Crippen LogP contribution is -1.92. The van der Waals surface area contributed by atoms with Crippen LogP contribution in [0, 0.1) is 0 Å². The van der Waals surface area contributed by atoms with Crippen LogP contribution in [0.15, 0.2) is 60.7 Å². The fraction of sp³-hybridized carbons (Fsp3) is 0.200. The molecule has 0 amide bonds. The van der Waals surface area contributed by atoms with E-state index in [1.165, 1.54) is 0 Å². The lowest BCUT2D eigenvalue weighted by atomic mass is 10.0. The molecule has 3 aromatic carbocycles. The fourth-order valence-corrected chi connectivity index (χ4v) is 2.64. The molecular weight excluding hydrogens is 272 g/mol. The van der Waals surface area contributed by atoms with E-state index in [0.717, 1.165) is 47.1 Å². The molecule has 0 spiro atoms. The van der Waals surface area contributed by atoms with Crippen molar-refractivity contribution in [3.8, 4) is 17.2 Å². The number of hydrogen-bond acceptors (Lipinski definition) is 2. The van der Waals surface area contributed by atoms with E-state index >= 15 is 0 Å². The molecule has 0 saturated carbocycles. The maximum Gasteiger partial charge on any atom is 0.135 e. The van der Waals surface area contributed by atoms with Crippen LogP contribution in [0.1, 0.15) is 25.3 Å². The van der Waals surface area contributed by atoms with Gasteiger partial charge in [0.15, 0.2) is 0 Å². The Morgan fingerprint density at radius 3 is 2.32 bits per heavy atom. The normalized spacial score (nSPS) is 10.8. The molecule has 0 aromatic heterocycles. The molecule has 3 aromatic rings. The summed E-state index contributed by atoms with van der Waals surface area (Å²) in [7, 11) is 0. The van der Waals surface area contributed by atoms with Crippen LogP contribution in [0.5, 0.6) is 17.2 Å². The molecule has 0 atom stereocenters. The number of ether oxygens (including phenoxy) is 1. The first-order valence-corrected chi connectivity index (χ1v) is 7.76. The number of unbranched alkanes of at least 4 members (excludes halogenated alkanes) is 1. The number of rotatable bonds is 5. The molecule has 0 aliphatic heterocycles. The third-order valence-corrected chi connectivity index (χ3v) is 3.83. The number of fused-ring (bicyclic) bond motifs is 1. The Balaban J connectivity index is 2.09. The van der Waals surface area contributed by atoms with Gasteiger partial charge in [-0.25, -0.2) is 0 Å². The molecular formula is C20H20O2. The van der Waals surface area contributed by atoms with Gasteiger partial charge in [0, 0.05) is 10.8 Å². The van der Waals surface area contributed by atoms with Gasteiger partial charge in [-0.05, 0) is 36.6 Å². The van der Waals surface area contributed by atoms with E-state index in [2.05, 4.69) is 6.92 Å². The smallest absolute Gasteiger partial charge is 0.135 e. The van der Waals surface area contributed by atoms with Gasteiger partial charge in [0.25, 0.3) is 0 Å². The minimum atomic E-state index is 0.379. The average Bonchev–Trinajstić information content (AvgIpc) is 2.57. The Hall–Kier alpha value is -2.48. The lowest BCUT2D eigenvalue weighted by molar-refractivity contribution is 0.465. The van der Waals surface area contributed by atoms with Gasteiger partial charge in [0.1, 0.15) is 17.2 Å². The van der Waals surface area contributed by atoms with Crippen molar-refractivity contribution >= 4 is 10.8 Å². The van der Waals surface area contributed by atoms with Crippen LogP contribution in [0.4, 0.5) is 0 Å². The molecule has 112 valence electrons. The maximum absolute atomic E-state index is 10.5. The van der Waals surface area contributed by atoms with Gasteiger partial charge in [-0.15, -0.1) is 0 Å². The summed E-state index contributed by atoms with van der Waals surface area (Å²) >= 11 is 0. The van der Waals surface area contributed by atoms with Crippen LogP contribution in [0.3, 0.4) is 0 Å². The standard InChI is InChI=1S/C20H20O2/c1-2-3-9-15-14-19(22-16-10-5-4-6-11-16)17-12-7-8-13-18(17)20(15)21/h4-8,10-14,21H,2-3,9H2,1H3. The molecule has 2 nitrogen and oxygen atoms in total. The second-order valence-corrected chi connectivity index (χ2v) is 5.45. The monoisotopic (exact) mass is 292 g/mol. The van der Waals surface area contributed by atoms with E-state index in [4.69, 9.17) is 4.74 Å². The van der Waals surface area contributed by atoms with E-state index in [1.54, 1.807) is 0 Å². The highest BCUT2D eigenvalue weighted by Gasteiger charge is 2.12. The second-order valence-electron chi connectivity index (χ2n) is 5.45. The summed E-state index contributed by atoms with van der Waals surface area (Å²) in [4.78, 5) is 0. The molecule has 2 heteroatoms. The zero-order valence-electron chi connectivity index (χ0n) is 12.8. The number of para-hydroxylation sites is 1. The van der Waals surface area contributed by atoms with Gasteiger partial charge < -0.3 is 9.84 Å². The number of aromatic hydroxyl groups is 1. The van der Waals surface area contributed by atoms with Crippen molar-refractivity contribution in [1.82, 2.24) is 0 Å². The molecule has 0 unspecified atom stereocenters. The molecule has 1 N–H and O–H groups in total. The van der Waals surface area contributed by atoms with E-state index < -0.39 is 0 Å². The van der Waals surface area contributed by atoms with Gasteiger partial charge in [-0.3, -0.25) is 0 Å². The van der Waals surface area contributed by atoms with Crippen LogP contribution >= 0.6 is 0 Å². The first-order valence-electron chi connectivity index (χ1n) is 7.76. The highest BCUT2D eigenvalue weighted by Crippen LogP contribution is 2.38. The zero-order valence-corrected chi connectivity index (χ0v) is 12.8. The van der Waals surface area contributed by atoms with Crippen molar-refractivity contribution < 1.29 is 9.84 Å². The molecule has 3 rings (SSSR count). The lowest BCUT2D eigenvalue weighted by Gasteiger charge is -2.14. The largest absolute Gasteiger partial charge is 0.507 e. The molecule has 0 saturated heterocycles. The van der Waals surface area contributed by atoms with Crippen molar-refractivity contribution in [1.29, 1.82) is 0 Å². The summed E-state index contributed by atoms with van der Waals surface area (Å²) in [5.74, 6) is 1.98. The zero-order chi connectivity index (χ0) is 15.4. The van der Waals surface area contributed by atoms with Crippen LogP contribution in [0.2, 0.25) is 0 Å². The summed E-state index contributed by atoms with van der Waals surface area (Å²) in [5.41, 5.74) is 0.950. The highest BCUT2D eigenvalue weighted by molar-refractivity contribution is 5.94. The molecule has 0 heterocycles. The molecule has 0 aliphatic rings. The van der Waals surface area contributed by atoms with Gasteiger partial charge >= 0.3 is 0 Å². The van der Waals surface area contributed by atoms with E-state index in [0.29, 0.717) is 5.75 Å². The van der Waals surface area contributed by atoms with Crippen molar-refractivity contribution in [2.75, 3.05) is 0 Å². The third-order valence-electron chi connectivity index (χ3n) is 3.83. The minimum absolute atomic E-state index is 0.379. The highest BCUT2D eigenvalue weighted by atomic mass is 16.5. The van der Waals surface area contributed by atoms with E-state index in [-0.39, 0.29) is 0 Å². The second kappa shape index (κ2) is 6.52. The predicted molar refractivity (Wildman–Crippen MR) is 90.7 cm³/mol. The number of phenolic OH excluding ortho intramolecular Hbond substituents is 1. The number of aryl methyl sites for hydroxylation is 1. The summed E-state index contributed by atoms with van der Waals surface area (Å²) < 4.78 is 6.06. The summed E-state index contributed by atoms with van der Waals surface area (Å²) in [6.07, 6.45) is 3.01. The van der Waals surface area contributed by atoms with E-state index in [1.807, 2.05) is 60.7 Å². The summed E-state index contributed by atoms with van der Waals surface area (Å²) in [6, 6.07) is 19.6. The van der Waals surface area contributed by atoms with Gasteiger partial charge in [-0.1, -0.05) is 55.8 Å². The van der Waals surface area contributed by atoms with Crippen LogP contribution < -0.4 is 4.74 Å². The third kappa shape index (κ3) is 2.91. The van der Waals surface area contributed by atoms with Crippen LogP contribution in [-0.4, -0.2) is 5.11 Å². The molecule has 22 heavy (non-hydrogen) atoms. The van der Waals surface area contributed by atoms with E-state index in [9.17, 15) is 5.11 Å². The van der Waals surface area contributed by atoms with Crippen molar-refractivity contribution in [2.24, 2.45) is 0 Å². The van der Waals surface area contributed by atoms with Crippen molar-refractivity contribution in [2.45, 2.75) is 26.2 Å². The fourth-order valence-electron chi connectivity index (χ4n) is 2.64. The maximum atomic E-state index is 10.5. The van der Waals surface area contributed by atoms with Crippen LogP contribution in [0.25, 0.3) is 10.8 Å². The Bertz CT molecular complexity index is 763. The van der Waals surface area contributed by atoms with Crippen LogP contribution in [-0.2, 0) is 6.42 Å². The Kier molecular flexibility index (Phi) is 4.29. The SMILES string of the molecule is CCCCc1cc(Oc2ccccc2)c2ccccc2c1O. The average molecular weight is 292 g/mol. The summed E-state index contributed by atoms with van der Waals surface area (Å²) in [5, 5.41) is 12.3. The number of phenols is 1. The first kappa shape index (κ1) is 14.5. The Labute approximate surface area is 131 Å². The van der Waals surface area contributed by atoms with Gasteiger partial charge in [-0.2, -0.15) is 0 Å². The predicted octanol–water partition coefficient (Wildman–Crippen LogP) is 5.68. The molecule has 0 bridgehead atoms. The summed E-state index contributed by atoms with van der Waals surface area (Å²) in [6.45, 7) is 2.15. The Morgan fingerprint density at radius 2 is 1.59 bits per heavy atom. The van der Waals surface area contributed by atoms with Gasteiger partial charge in [0.05, 0.1) is 0 Å². The molecule has 0 radical (unpaired) electrons. The quantitative estimate of drug-likeness (QED) is 0.655. The van der Waals surface area contributed by atoms with Gasteiger partial charge in [0.2, 0.25) is 0 Å². The van der Waals surface area contributed by atoms with Crippen molar-refractivity contribution in [3.63, 3.8) is 0 Å². The minimum Gasteiger partial charge on any atom is -0.507 e. The molecule has 0 fully saturated rings. The topological polar surface area (TPSA) is 29.5 Å². The first-order chi connectivity index (χ1) is 10.8. The Morgan fingerprint density at radius 1 is 0.909 bits per heavy atom. The number of hydrogen-bond donors (Lipinski definition) is 1. The number of benzene rings is 3. The molecule has 0 aliphatic carbocycles. The van der Waals surface area contributed by atoms with Crippen molar-refractivity contribution in [3.05, 3.63) is 66.2 Å².